The van der Waals surface area contributed by atoms with Gasteiger partial charge in [0.05, 0.1) is 18.4 Å². The van der Waals surface area contributed by atoms with Gasteiger partial charge in [0.1, 0.15) is 4.21 Å². The summed E-state index contributed by atoms with van der Waals surface area (Å²) in [6.45, 7) is 3.37. The normalized spacial score (nSPS) is 14.2. The summed E-state index contributed by atoms with van der Waals surface area (Å²) in [6, 6.07) is 8.96. The largest absolute Gasteiger partial charge is 0.454 e. The van der Waals surface area contributed by atoms with Crippen LogP contribution in [0.4, 0.5) is 0 Å². The van der Waals surface area contributed by atoms with Crippen molar-refractivity contribution in [2.24, 2.45) is 4.99 Å². The topological polar surface area (TPSA) is 100 Å². The molecule has 1 aliphatic rings. The molecule has 3 rings (SSSR count). The molecule has 11 heteroatoms. The Bertz CT molecular complexity index is 951. The predicted octanol–water partition coefficient (Wildman–Crippen LogP) is 2.33. The average molecular weight is 567 g/mol. The van der Waals surface area contributed by atoms with Gasteiger partial charge >= 0.3 is 0 Å². The lowest BCUT2D eigenvalue weighted by Crippen LogP contribution is -2.39. The summed E-state index contributed by atoms with van der Waals surface area (Å²) in [6.07, 6.45) is -1.09. The Kier molecular flexibility index (Phi) is 9.19. The molecule has 1 unspecified atom stereocenters. The van der Waals surface area contributed by atoms with E-state index in [0.29, 0.717) is 24.8 Å². The highest BCUT2D eigenvalue weighted by molar-refractivity contribution is 14.0. The van der Waals surface area contributed by atoms with Crippen molar-refractivity contribution in [1.82, 2.24) is 10.2 Å². The standard InChI is InChI=1S/C19H25N3O5S2.HI/c1-3-20-19(21-10-15(23)12-29(24,25)18-5-4-8-28-18)22(2)11-14-6-7-16-17(9-14)27-13-26-16;/h4-9,15,23H,3,10-13H2,1-2H3,(H,20,21);1H. The highest BCUT2D eigenvalue weighted by atomic mass is 127. The second-order valence-electron chi connectivity index (χ2n) is 6.61. The van der Waals surface area contributed by atoms with E-state index in [2.05, 4.69) is 10.3 Å². The fraction of sp³-hybridized carbons (Fsp3) is 0.421. The number of nitrogens with one attached hydrogen (secondary N) is 1. The molecule has 0 bridgehead atoms. The van der Waals surface area contributed by atoms with Gasteiger partial charge in [0, 0.05) is 20.1 Å². The molecule has 0 amide bonds. The molecule has 2 heterocycles. The number of aliphatic imine (C=N–C) groups is 1. The second-order valence-corrected chi connectivity index (χ2v) is 9.81. The lowest BCUT2D eigenvalue weighted by Gasteiger charge is -2.22. The predicted molar refractivity (Wildman–Crippen MR) is 128 cm³/mol. The van der Waals surface area contributed by atoms with Crippen LogP contribution < -0.4 is 14.8 Å². The highest BCUT2D eigenvalue weighted by Gasteiger charge is 2.21. The summed E-state index contributed by atoms with van der Waals surface area (Å²) in [5.74, 6) is 1.67. The molecule has 0 radical (unpaired) electrons. The van der Waals surface area contributed by atoms with Crippen molar-refractivity contribution < 1.29 is 23.0 Å². The van der Waals surface area contributed by atoms with E-state index in [0.717, 1.165) is 22.6 Å². The summed E-state index contributed by atoms with van der Waals surface area (Å²) in [5.41, 5.74) is 1.02. The number of ether oxygens (including phenoxy) is 2. The van der Waals surface area contributed by atoms with Crippen molar-refractivity contribution in [3.05, 3.63) is 41.3 Å². The maximum absolute atomic E-state index is 12.3. The molecule has 1 aromatic heterocycles. The highest BCUT2D eigenvalue weighted by Crippen LogP contribution is 2.32. The molecule has 166 valence electrons. The van der Waals surface area contributed by atoms with Gasteiger partial charge in [0.15, 0.2) is 27.3 Å². The fourth-order valence-corrected chi connectivity index (χ4v) is 5.35. The van der Waals surface area contributed by atoms with Gasteiger partial charge in [-0.1, -0.05) is 12.1 Å². The minimum atomic E-state index is -3.51. The van der Waals surface area contributed by atoms with Crippen molar-refractivity contribution in [1.29, 1.82) is 0 Å². The molecular weight excluding hydrogens is 541 g/mol. The first-order valence-electron chi connectivity index (χ1n) is 9.21. The van der Waals surface area contributed by atoms with E-state index in [4.69, 9.17) is 9.47 Å². The van der Waals surface area contributed by atoms with Gasteiger partial charge in [-0.3, -0.25) is 4.99 Å². The van der Waals surface area contributed by atoms with E-state index >= 15 is 0 Å². The molecule has 2 N–H and O–H groups in total. The fourth-order valence-electron chi connectivity index (χ4n) is 2.88. The third kappa shape index (κ3) is 6.46. The van der Waals surface area contributed by atoms with Crippen LogP contribution in [0.25, 0.3) is 0 Å². The van der Waals surface area contributed by atoms with Crippen molar-refractivity contribution in [2.75, 3.05) is 32.7 Å². The lowest BCUT2D eigenvalue weighted by molar-refractivity contribution is 0.174. The molecule has 1 aliphatic heterocycles. The maximum Gasteiger partial charge on any atom is 0.231 e. The minimum absolute atomic E-state index is 0. The zero-order chi connectivity index (χ0) is 20.9. The Morgan fingerprint density at radius 3 is 2.80 bits per heavy atom. The van der Waals surface area contributed by atoms with Crippen LogP contribution >= 0.6 is 35.3 Å². The van der Waals surface area contributed by atoms with Crippen LogP contribution in [0.3, 0.4) is 0 Å². The van der Waals surface area contributed by atoms with Gasteiger partial charge in [0.2, 0.25) is 6.79 Å². The van der Waals surface area contributed by atoms with Gasteiger partial charge in [0.25, 0.3) is 0 Å². The number of thiophene rings is 1. The van der Waals surface area contributed by atoms with Gasteiger partial charge in [-0.15, -0.1) is 35.3 Å². The van der Waals surface area contributed by atoms with E-state index in [1.807, 2.05) is 37.1 Å². The molecule has 30 heavy (non-hydrogen) atoms. The molecule has 1 atom stereocenters. The number of rotatable bonds is 8. The number of benzene rings is 1. The third-order valence-corrected chi connectivity index (χ3v) is 7.50. The zero-order valence-electron chi connectivity index (χ0n) is 16.8. The first-order chi connectivity index (χ1) is 13.9. The first-order valence-corrected chi connectivity index (χ1v) is 11.7. The summed E-state index contributed by atoms with van der Waals surface area (Å²) in [5, 5.41) is 15.1. The molecular formula is C19H26IN3O5S2. The van der Waals surface area contributed by atoms with E-state index in [-0.39, 0.29) is 47.3 Å². The summed E-state index contributed by atoms with van der Waals surface area (Å²) >= 11 is 1.14. The van der Waals surface area contributed by atoms with E-state index in [9.17, 15) is 13.5 Å². The Labute approximate surface area is 197 Å². The quantitative estimate of drug-likeness (QED) is 0.287. The Morgan fingerprint density at radius 1 is 1.33 bits per heavy atom. The molecule has 0 saturated heterocycles. The van der Waals surface area contributed by atoms with Crippen molar-refractivity contribution in [2.45, 2.75) is 23.8 Å². The third-order valence-electron chi connectivity index (χ3n) is 4.22. The van der Waals surface area contributed by atoms with Crippen LogP contribution in [0.15, 0.2) is 44.9 Å². The van der Waals surface area contributed by atoms with Gasteiger partial charge < -0.3 is 24.8 Å². The van der Waals surface area contributed by atoms with Gasteiger partial charge in [-0.05, 0) is 36.1 Å². The van der Waals surface area contributed by atoms with Gasteiger partial charge in [-0.2, -0.15) is 0 Å². The number of nitrogens with zero attached hydrogens (tertiary/aromatic N) is 2. The van der Waals surface area contributed by atoms with Crippen LogP contribution in [0.1, 0.15) is 12.5 Å². The molecule has 1 aromatic carbocycles. The number of hydrogen-bond donors (Lipinski definition) is 2. The van der Waals surface area contributed by atoms with Crippen molar-refractivity contribution in [3.8, 4) is 11.5 Å². The SMILES string of the molecule is CCNC(=NCC(O)CS(=O)(=O)c1cccs1)N(C)Cc1ccc2c(c1)OCO2.I. The van der Waals surface area contributed by atoms with Crippen molar-refractivity contribution >= 4 is 51.1 Å². The summed E-state index contributed by atoms with van der Waals surface area (Å²) in [7, 11) is -1.64. The molecule has 2 aromatic rings. The van der Waals surface area contributed by atoms with E-state index in [1.165, 1.54) is 0 Å². The minimum Gasteiger partial charge on any atom is -0.454 e. The van der Waals surface area contributed by atoms with Crippen molar-refractivity contribution in [3.63, 3.8) is 0 Å². The van der Waals surface area contributed by atoms with Crippen LogP contribution in [-0.2, 0) is 16.4 Å². The van der Waals surface area contributed by atoms with Crippen LogP contribution in [0, 0.1) is 0 Å². The molecule has 0 spiro atoms. The number of aliphatic hydroxyl groups excluding tert-OH is 1. The van der Waals surface area contributed by atoms with E-state index in [1.54, 1.807) is 17.5 Å². The monoisotopic (exact) mass is 567 g/mol. The molecule has 8 nitrogen and oxygen atoms in total. The molecule has 0 fully saturated rings. The van der Waals surface area contributed by atoms with Crippen LogP contribution in [0.5, 0.6) is 11.5 Å². The van der Waals surface area contributed by atoms with E-state index < -0.39 is 15.9 Å². The van der Waals surface area contributed by atoms with Crippen LogP contribution in [-0.4, -0.2) is 63.2 Å². The number of guanidine groups is 1. The Balaban J connectivity index is 0.00000320. The Morgan fingerprint density at radius 2 is 2.10 bits per heavy atom. The van der Waals surface area contributed by atoms with Crippen LogP contribution in [0.2, 0.25) is 0 Å². The smallest absolute Gasteiger partial charge is 0.231 e. The number of fused-ring (bicyclic) bond motifs is 1. The second kappa shape index (κ2) is 11.2. The number of aliphatic hydroxyl groups is 1. The zero-order valence-corrected chi connectivity index (χ0v) is 20.7. The summed E-state index contributed by atoms with van der Waals surface area (Å²) in [4.78, 5) is 6.32. The summed E-state index contributed by atoms with van der Waals surface area (Å²) < 4.78 is 35.6. The van der Waals surface area contributed by atoms with Gasteiger partial charge in [-0.25, -0.2) is 8.42 Å². The number of halogens is 1. The Hall–Kier alpha value is -1.57. The molecule has 0 saturated carbocycles. The first kappa shape index (κ1) is 24.7. The average Bonchev–Trinajstić information content (AvgIpc) is 3.36. The number of sulfone groups is 1. The maximum atomic E-state index is 12.3. The molecule has 0 aliphatic carbocycles. The number of hydrogen-bond acceptors (Lipinski definition) is 7. The lowest BCUT2D eigenvalue weighted by atomic mass is 10.2.